The number of aliphatic hydroxyl groups is 1. The summed E-state index contributed by atoms with van der Waals surface area (Å²) in [5.74, 6) is 0.920. The van der Waals surface area contributed by atoms with E-state index in [0.29, 0.717) is 17.4 Å². The minimum absolute atomic E-state index is 0.0295. The molecule has 2 atom stereocenters. The molecule has 17 heavy (non-hydrogen) atoms. The monoisotopic (exact) mass is 232 g/mol. The van der Waals surface area contributed by atoms with E-state index in [1.165, 1.54) is 6.33 Å². The predicted octanol–water partition coefficient (Wildman–Crippen LogP) is 1.15. The lowest BCUT2D eigenvalue weighted by atomic mass is 10.1. The quantitative estimate of drug-likeness (QED) is 0.836. The van der Waals surface area contributed by atoms with Gasteiger partial charge in [-0.15, -0.1) is 0 Å². The van der Waals surface area contributed by atoms with E-state index in [2.05, 4.69) is 20.1 Å². The third-order valence-electron chi connectivity index (χ3n) is 3.05. The summed E-state index contributed by atoms with van der Waals surface area (Å²) in [6.45, 7) is 0. The fraction of sp³-hybridized carbons (Fsp3) is 0.455. The van der Waals surface area contributed by atoms with Crippen LogP contribution in [0, 0.1) is 0 Å². The molecule has 0 spiro atoms. The first-order valence-electron chi connectivity index (χ1n) is 5.62. The van der Waals surface area contributed by atoms with Crippen LogP contribution in [0.4, 0.5) is 0 Å². The van der Waals surface area contributed by atoms with Gasteiger partial charge in [0.15, 0.2) is 0 Å². The van der Waals surface area contributed by atoms with Crippen LogP contribution < -0.4 is 0 Å². The smallest absolute Gasteiger partial charge is 0.232 e. The van der Waals surface area contributed by atoms with E-state index in [1.807, 2.05) is 0 Å². The number of rotatable bonds is 2. The molecule has 0 aliphatic heterocycles. The molecular weight excluding hydrogens is 220 g/mol. The Morgan fingerprint density at radius 3 is 3.00 bits per heavy atom. The molecule has 2 aromatic rings. The van der Waals surface area contributed by atoms with E-state index in [1.54, 1.807) is 12.3 Å². The van der Waals surface area contributed by atoms with Gasteiger partial charge in [-0.05, 0) is 25.3 Å². The Hall–Kier alpha value is -1.82. The summed E-state index contributed by atoms with van der Waals surface area (Å²) in [5.41, 5.74) is 0.627. The van der Waals surface area contributed by atoms with E-state index >= 15 is 0 Å². The van der Waals surface area contributed by atoms with Gasteiger partial charge in [0.1, 0.15) is 12.0 Å². The van der Waals surface area contributed by atoms with Gasteiger partial charge < -0.3 is 9.63 Å². The maximum Gasteiger partial charge on any atom is 0.232 e. The highest BCUT2D eigenvalue weighted by Crippen LogP contribution is 2.34. The topological polar surface area (TPSA) is 84.9 Å². The second-order valence-electron chi connectivity index (χ2n) is 4.16. The Morgan fingerprint density at radius 2 is 2.29 bits per heavy atom. The molecule has 1 aliphatic carbocycles. The Bertz CT molecular complexity index is 499. The van der Waals surface area contributed by atoms with E-state index in [9.17, 15) is 5.11 Å². The van der Waals surface area contributed by atoms with Crippen LogP contribution in [-0.4, -0.2) is 31.3 Å². The first-order valence-corrected chi connectivity index (χ1v) is 5.62. The number of aromatic nitrogens is 4. The van der Waals surface area contributed by atoms with E-state index < -0.39 is 0 Å². The third kappa shape index (κ3) is 1.91. The summed E-state index contributed by atoms with van der Waals surface area (Å²) >= 11 is 0. The van der Waals surface area contributed by atoms with Crippen LogP contribution in [0.3, 0.4) is 0 Å². The minimum Gasteiger partial charge on any atom is -0.392 e. The van der Waals surface area contributed by atoms with Crippen LogP contribution in [-0.2, 0) is 0 Å². The summed E-state index contributed by atoms with van der Waals surface area (Å²) in [7, 11) is 0. The first kappa shape index (κ1) is 10.3. The van der Waals surface area contributed by atoms with Crippen molar-refractivity contribution in [1.29, 1.82) is 0 Å². The SMILES string of the molecule is OC1CCCC1c1nc(-c2ccncn2)no1. The molecule has 0 aromatic carbocycles. The van der Waals surface area contributed by atoms with Crippen molar-refractivity contribution in [2.45, 2.75) is 31.3 Å². The second kappa shape index (κ2) is 4.21. The van der Waals surface area contributed by atoms with E-state index in [0.717, 1.165) is 19.3 Å². The zero-order valence-corrected chi connectivity index (χ0v) is 9.15. The van der Waals surface area contributed by atoms with Crippen LogP contribution >= 0.6 is 0 Å². The zero-order chi connectivity index (χ0) is 11.7. The summed E-state index contributed by atoms with van der Waals surface area (Å²) in [6.07, 6.45) is 5.40. The molecule has 1 fully saturated rings. The summed E-state index contributed by atoms with van der Waals surface area (Å²) in [5, 5.41) is 13.6. The van der Waals surface area contributed by atoms with Gasteiger partial charge in [0.05, 0.1) is 12.0 Å². The molecule has 3 rings (SSSR count). The van der Waals surface area contributed by atoms with Crippen LogP contribution in [0.25, 0.3) is 11.5 Å². The average Bonchev–Trinajstić information content (AvgIpc) is 2.98. The lowest BCUT2D eigenvalue weighted by Gasteiger charge is -2.07. The summed E-state index contributed by atoms with van der Waals surface area (Å²) < 4.78 is 5.19. The molecule has 88 valence electrons. The van der Waals surface area contributed by atoms with Gasteiger partial charge in [-0.25, -0.2) is 9.97 Å². The molecule has 6 nitrogen and oxygen atoms in total. The van der Waals surface area contributed by atoms with Crippen LogP contribution in [0.5, 0.6) is 0 Å². The van der Waals surface area contributed by atoms with Gasteiger partial charge in [0.25, 0.3) is 0 Å². The highest BCUT2D eigenvalue weighted by molar-refractivity contribution is 5.46. The predicted molar refractivity (Wildman–Crippen MR) is 57.9 cm³/mol. The van der Waals surface area contributed by atoms with Gasteiger partial charge in [-0.2, -0.15) is 4.98 Å². The number of hydrogen-bond acceptors (Lipinski definition) is 6. The molecule has 1 aliphatic rings. The fourth-order valence-electron chi connectivity index (χ4n) is 2.14. The molecule has 0 radical (unpaired) electrons. The molecule has 0 bridgehead atoms. The zero-order valence-electron chi connectivity index (χ0n) is 9.15. The van der Waals surface area contributed by atoms with Crippen molar-refractivity contribution < 1.29 is 9.63 Å². The first-order chi connectivity index (χ1) is 8.34. The van der Waals surface area contributed by atoms with Crippen molar-refractivity contribution in [2.24, 2.45) is 0 Å². The van der Waals surface area contributed by atoms with E-state index in [-0.39, 0.29) is 12.0 Å². The van der Waals surface area contributed by atoms with Crippen molar-refractivity contribution in [3.05, 3.63) is 24.5 Å². The Labute approximate surface area is 97.7 Å². The van der Waals surface area contributed by atoms with E-state index in [4.69, 9.17) is 4.52 Å². The van der Waals surface area contributed by atoms with Crippen molar-refractivity contribution >= 4 is 0 Å². The van der Waals surface area contributed by atoms with Gasteiger partial charge >= 0.3 is 0 Å². The highest BCUT2D eigenvalue weighted by Gasteiger charge is 2.31. The maximum absolute atomic E-state index is 9.77. The fourth-order valence-corrected chi connectivity index (χ4v) is 2.14. The Kier molecular flexibility index (Phi) is 2.56. The molecular formula is C11H12N4O2. The highest BCUT2D eigenvalue weighted by atomic mass is 16.5. The van der Waals surface area contributed by atoms with Gasteiger partial charge in [-0.1, -0.05) is 5.16 Å². The number of aliphatic hydroxyl groups excluding tert-OH is 1. The van der Waals surface area contributed by atoms with Crippen LogP contribution in [0.1, 0.15) is 31.1 Å². The minimum atomic E-state index is -0.367. The third-order valence-corrected chi connectivity index (χ3v) is 3.05. The molecule has 0 amide bonds. The van der Waals surface area contributed by atoms with Crippen LogP contribution in [0.15, 0.2) is 23.1 Å². The largest absolute Gasteiger partial charge is 0.392 e. The Balaban J connectivity index is 1.88. The second-order valence-corrected chi connectivity index (χ2v) is 4.16. The van der Waals surface area contributed by atoms with Gasteiger partial charge in [0.2, 0.25) is 11.7 Å². The number of hydrogen-bond donors (Lipinski definition) is 1. The summed E-state index contributed by atoms with van der Waals surface area (Å²) in [4.78, 5) is 12.2. The standard InChI is InChI=1S/C11H12N4O2/c16-9-3-1-2-7(9)11-14-10(15-17-11)8-4-5-12-6-13-8/h4-7,9,16H,1-3H2. The normalized spacial score (nSPS) is 24.1. The average molecular weight is 232 g/mol. The van der Waals surface area contributed by atoms with Crippen molar-refractivity contribution in [2.75, 3.05) is 0 Å². The van der Waals surface area contributed by atoms with Crippen molar-refractivity contribution in [3.63, 3.8) is 0 Å². The molecule has 1 saturated carbocycles. The molecule has 2 aromatic heterocycles. The van der Waals surface area contributed by atoms with Crippen molar-refractivity contribution in [1.82, 2.24) is 20.1 Å². The maximum atomic E-state index is 9.77. The molecule has 2 unspecified atom stereocenters. The molecule has 6 heteroatoms. The van der Waals surface area contributed by atoms with Gasteiger partial charge in [0, 0.05) is 6.20 Å². The lowest BCUT2D eigenvalue weighted by molar-refractivity contribution is 0.148. The molecule has 1 N–H and O–H groups in total. The number of nitrogens with zero attached hydrogens (tertiary/aromatic N) is 4. The van der Waals surface area contributed by atoms with Crippen molar-refractivity contribution in [3.8, 4) is 11.5 Å². The lowest BCUT2D eigenvalue weighted by Crippen LogP contribution is -2.11. The molecule has 2 heterocycles. The summed E-state index contributed by atoms with van der Waals surface area (Å²) in [6, 6.07) is 1.72. The van der Waals surface area contributed by atoms with Crippen LogP contribution in [0.2, 0.25) is 0 Å². The Morgan fingerprint density at radius 1 is 1.35 bits per heavy atom. The molecule has 0 saturated heterocycles. The van der Waals surface area contributed by atoms with Gasteiger partial charge in [-0.3, -0.25) is 0 Å².